The van der Waals surface area contributed by atoms with Crippen LogP contribution in [0.15, 0.2) is 0 Å². The van der Waals surface area contributed by atoms with Crippen molar-refractivity contribution < 1.29 is 4.79 Å². The minimum atomic E-state index is -0.000991. The number of thioether (sulfide) groups is 1. The maximum atomic E-state index is 12.2. The third-order valence-corrected chi connectivity index (χ3v) is 5.42. The highest BCUT2D eigenvalue weighted by Crippen LogP contribution is 2.27. The van der Waals surface area contributed by atoms with Gasteiger partial charge in [0, 0.05) is 24.4 Å². The summed E-state index contributed by atoms with van der Waals surface area (Å²) in [6.07, 6.45) is 9.60. The van der Waals surface area contributed by atoms with Gasteiger partial charge in [-0.05, 0) is 51.7 Å². The Hall–Kier alpha value is -0.220. The van der Waals surface area contributed by atoms with E-state index < -0.39 is 0 Å². The normalized spacial score (nSPS) is 30.4. The van der Waals surface area contributed by atoms with E-state index in [-0.39, 0.29) is 6.04 Å². The van der Waals surface area contributed by atoms with Crippen molar-refractivity contribution >= 4 is 17.7 Å². The second kappa shape index (κ2) is 6.80. The largest absolute Gasteiger partial charge is 0.341 e. The van der Waals surface area contributed by atoms with Gasteiger partial charge in [0.2, 0.25) is 5.91 Å². The lowest BCUT2D eigenvalue weighted by molar-refractivity contribution is -0.132. The van der Waals surface area contributed by atoms with Gasteiger partial charge in [-0.25, -0.2) is 0 Å². The van der Waals surface area contributed by atoms with Gasteiger partial charge in [0.1, 0.15) is 0 Å². The van der Waals surface area contributed by atoms with Crippen LogP contribution in [0.5, 0.6) is 0 Å². The minimum Gasteiger partial charge on any atom is -0.341 e. The minimum absolute atomic E-state index is 0.000991. The smallest absolute Gasteiger partial charge is 0.239 e. The van der Waals surface area contributed by atoms with Crippen molar-refractivity contribution in [2.24, 2.45) is 0 Å². The predicted molar refractivity (Wildman–Crippen MR) is 78.0 cm³/mol. The molecule has 0 aromatic heterocycles. The van der Waals surface area contributed by atoms with Gasteiger partial charge in [-0.1, -0.05) is 0 Å². The first kappa shape index (κ1) is 14.2. The summed E-state index contributed by atoms with van der Waals surface area (Å²) in [5, 5.41) is 4.38. The molecule has 1 saturated heterocycles. The van der Waals surface area contributed by atoms with Crippen LogP contribution in [0.2, 0.25) is 0 Å². The molecule has 2 aliphatic rings. The first-order valence-electron chi connectivity index (χ1n) is 7.28. The molecule has 18 heavy (non-hydrogen) atoms. The number of rotatable bonds is 4. The van der Waals surface area contributed by atoms with E-state index in [1.165, 1.54) is 38.5 Å². The molecular formula is C14H26N2OS. The van der Waals surface area contributed by atoms with Crippen molar-refractivity contribution in [3.05, 3.63) is 0 Å². The van der Waals surface area contributed by atoms with Gasteiger partial charge in [0.15, 0.2) is 0 Å². The molecule has 1 aliphatic heterocycles. The van der Waals surface area contributed by atoms with E-state index >= 15 is 0 Å². The summed E-state index contributed by atoms with van der Waals surface area (Å²) >= 11 is 1.99. The van der Waals surface area contributed by atoms with E-state index in [1.807, 2.05) is 23.6 Å². The molecule has 0 radical (unpaired) electrons. The second-order valence-corrected chi connectivity index (χ2v) is 6.77. The van der Waals surface area contributed by atoms with Crippen molar-refractivity contribution in [2.45, 2.75) is 62.8 Å². The molecule has 0 spiro atoms. The fourth-order valence-electron chi connectivity index (χ4n) is 3.10. The number of nitrogens with zero attached hydrogens (tertiary/aromatic N) is 1. The number of carbonyl (C=O) groups excluding carboxylic acids is 1. The van der Waals surface area contributed by atoms with Crippen LogP contribution < -0.4 is 5.32 Å². The van der Waals surface area contributed by atoms with E-state index in [9.17, 15) is 4.79 Å². The van der Waals surface area contributed by atoms with Crippen molar-refractivity contribution in [1.82, 2.24) is 10.2 Å². The zero-order valence-electron chi connectivity index (χ0n) is 11.7. The zero-order chi connectivity index (χ0) is 13.0. The monoisotopic (exact) mass is 270 g/mol. The fraction of sp³-hybridized carbons (Fsp3) is 0.929. The fourth-order valence-corrected chi connectivity index (χ4v) is 3.84. The van der Waals surface area contributed by atoms with Gasteiger partial charge in [-0.3, -0.25) is 4.79 Å². The van der Waals surface area contributed by atoms with Crippen molar-refractivity contribution in [3.63, 3.8) is 0 Å². The Morgan fingerprint density at radius 3 is 2.39 bits per heavy atom. The number of hydrogen-bond donors (Lipinski definition) is 1. The molecule has 4 heteroatoms. The molecule has 1 unspecified atom stereocenters. The van der Waals surface area contributed by atoms with Gasteiger partial charge in [0.05, 0.1) is 6.04 Å². The summed E-state index contributed by atoms with van der Waals surface area (Å²) in [6.45, 7) is 3.95. The van der Waals surface area contributed by atoms with Crippen LogP contribution in [-0.4, -0.2) is 47.5 Å². The van der Waals surface area contributed by atoms with Crippen molar-refractivity contribution in [2.75, 3.05) is 19.3 Å². The quantitative estimate of drug-likeness (QED) is 0.850. The number of nitrogens with one attached hydrogen (secondary N) is 1. The summed E-state index contributed by atoms with van der Waals surface area (Å²) in [7, 11) is 0. The summed E-state index contributed by atoms with van der Waals surface area (Å²) < 4.78 is 0. The van der Waals surface area contributed by atoms with Gasteiger partial charge < -0.3 is 10.2 Å². The van der Waals surface area contributed by atoms with Crippen LogP contribution >= 0.6 is 11.8 Å². The number of likely N-dealkylation sites (tertiary alicyclic amines) is 1. The topological polar surface area (TPSA) is 32.3 Å². The molecule has 0 aromatic carbocycles. The Morgan fingerprint density at radius 2 is 1.83 bits per heavy atom. The molecule has 1 aliphatic carbocycles. The Balaban J connectivity index is 1.73. The summed E-state index contributed by atoms with van der Waals surface area (Å²) in [4.78, 5) is 14.2. The highest BCUT2D eigenvalue weighted by molar-refractivity contribution is 7.99. The first-order chi connectivity index (χ1) is 8.70. The SMILES string of the molecule is CSC1CCC(NC(C)C(=O)N2CCCC2)CC1. The molecule has 1 atom stereocenters. The highest BCUT2D eigenvalue weighted by Gasteiger charge is 2.27. The maximum absolute atomic E-state index is 12.2. The Morgan fingerprint density at radius 1 is 1.22 bits per heavy atom. The third-order valence-electron chi connectivity index (χ3n) is 4.28. The average molecular weight is 270 g/mol. The Kier molecular flexibility index (Phi) is 5.37. The van der Waals surface area contributed by atoms with E-state index in [1.54, 1.807) is 0 Å². The second-order valence-electron chi connectivity index (χ2n) is 5.63. The number of hydrogen-bond acceptors (Lipinski definition) is 3. The van der Waals surface area contributed by atoms with Gasteiger partial charge in [-0.15, -0.1) is 0 Å². The van der Waals surface area contributed by atoms with Crippen molar-refractivity contribution in [3.8, 4) is 0 Å². The maximum Gasteiger partial charge on any atom is 0.239 e. The van der Waals surface area contributed by atoms with Crippen LogP contribution in [0, 0.1) is 0 Å². The highest BCUT2D eigenvalue weighted by atomic mass is 32.2. The molecule has 0 bridgehead atoms. The lowest BCUT2D eigenvalue weighted by atomic mass is 9.94. The van der Waals surface area contributed by atoms with Crippen LogP contribution in [0.25, 0.3) is 0 Å². The van der Waals surface area contributed by atoms with E-state index in [0.29, 0.717) is 11.9 Å². The lowest BCUT2D eigenvalue weighted by Crippen LogP contribution is -2.48. The van der Waals surface area contributed by atoms with E-state index in [4.69, 9.17) is 0 Å². The number of amides is 1. The van der Waals surface area contributed by atoms with Gasteiger partial charge >= 0.3 is 0 Å². The number of carbonyl (C=O) groups is 1. The molecule has 0 aromatic rings. The van der Waals surface area contributed by atoms with Crippen molar-refractivity contribution in [1.29, 1.82) is 0 Å². The molecule has 1 heterocycles. The molecular weight excluding hydrogens is 244 g/mol. The standard InChI is InChI=1S/C14H26N2OS/c1-11(14(17)16-9-3-4-10-16)15-12-5-7-13(18-2)8-6-12/h11-13,15H,3-10H2,1-2H3. The molecule has 104 valence electrons. The molecule has 1 N–H and O–H groups in total. The first-order valence-corrected chi connectivity index (χ1v) is 8.57. The van der Waals surface area contributed by atoms with Gasteiger partial charge in [0.25, 0.3) is 0 Å². The Bertz CT molecular complexity index is 271. The van der Waals surface area contributed by atoms with Crippen LogP contribution in [-0.2, 0) is 4.79 Å². The Labute approximate surface area is 115 Å². The van der Waals surface area contributed by atoms with Crippen LogP contribution in [0.1, 0.15) is 45.4 Å². The summed E-state index contributed by atoms with van der Waals surface area (Å²) in [6, 6.07) is 0.550. The third kappa shape index (κ3) is 3.64. The molecule has 1 amide bonds. The van der Waals surface area contributed by atoms with E-state index in [2.05, 4.69) is 11.6 Å². The molecule has 2 rings (SSSR count). The summed E-state index contributed by atoms with van der Waals surface area (Å²) in [5.41, 5.74) is 0. The van der Waals surface area contributed by atoms with Crippen LogP contribution in [0.3, 0.4) is 0 Å². The molecule has 3 nitrogen and oxygen atoms in total. The molecule has 2 fully saturated rings. The average Bonchev–Trinajstić information content (AvgIpc) is 2.92. The summed E-state index contributed by atoms with van der Waals surface area (Å²) in [5.74, 6) is 0.305. The van der Waals surface area contributed by atoms with Crippen LogP contribution in [0.4, 0.5) is 0 Å². The van der Waals surface area contributed by atoms with E-state index in [0.717, 1.165) is 18.3 Å². The van der Waals surface area contributed by atoms with Gasteiger partial charge in [-0.2, -0.15) is 11.8 Å². The zero-order valence-corrected chi connectivity index (χ0v) is 12.5. The predicted octanol–water partition coefficient (Wildman–Crippen LogP) is 2.26. The molecule has 1 saturated carbocycles. The lowest BCUT2D eigenvalue weighted by Gasteiger charge is -2.31.